The van der Waals surface area contributed by atoms with Crippen LogP contribution in [0.4, 0.5) is 4.79 Å². The lowest BCUT2D eigenvalue weighted by molar-refractivity contribution is -0.0557. The first kappa shape index (κ1) is 31.3. The van der Waals surface area contributed by atoms with Crippen molar-refractivity contribution in [2.75, 3.05) is 19.8 Å². The van der Waals surface area contributed by atoms with E-state index in [2.05, 4.69) is 87.3 Å². The van der Waals surface area contributed by atoms with Crippen LogP contribution in [0.1, 0.15) is 66.0 Å². The lowest BCUT2D eigenvalue weighted by Crippen LogP contribution is -2.53. The Morgan fingerprint density at radius 1 is 0.974 bits per heavy atom. The van der Waals surface area contributed by atoms with Gasteiger partial charge in [0.2, 0.25) is 0 Å². The van der Waals surface area contributed by atoms with E-state index in [0.29, 0.717) is 13.2 Å². The summed E-state index contributed by atoms with van der Waals surface area (Å²) in [5.41, 5.74) is 1.31. The molecule has 3 rings (SSSR count). The van der Waals surface area contributed by atoms with Crippen LogP contribution in [0.2, 0.25) is 18.1 Å². The first-order chi connectivity index (χ1) is 18.1. The molecule has 1 fully saturated rings. The van der Waals surface area contributed by atoms with Crippen LogP contribution in [-0.2, 0) is 27.0 Å². The van der Waals surface area contributed by atoms with Gasteiger partial charge in [0, 0.05) is 25.7 Å². The second-order valence-electron chi connectivity index (χ2n) is 13.4. The summed E-state index contributed by atoms with van der Waals surface area (Å²) in [5.74, 6) is 0. The standard InChI is InChI=1S/C32H50N2O4Si/c1-30(2,3)39(8,9)38-21-20-28(24-36-29(35)34-31(4,5)25-37-32(34,6)7)33(22-26-16-12-10-13-17-26)23-27-18-14-11-15-19-27/h10-19,28H,20-25H2,1-9H3/t28-/m0/s1. The fraction of sp³-hybridized carbons (Fsp3) is 0.594. The van der Waals surface area contributed by atoms with Crippen LogP contribution >= 0.6 is 0 Å². The molecule has 0 aliphatic carbocycles. The summed E-state index contributed by atoms with van der Waals surface area (Å²) in [4.78, 5) is 17.6. The Morgan fingerprint density at radius 2 is 1.49 bits per heavy atom. The SMILES string of the molecule is CC1(C)COC(C)(C)N1C(=O)OC[C@H](CCO[Si](C)(C)C(C)(C)C)N(Cc1ccccc1)Cc1ccccc1. The fourth-order valence-corrected chi connectivity index (χ4v) is 5.96. The lowest BCUT2D eigenvalue weighted by atomic mass is 10.0. The maximum atomic E-state index is 13.5. The van der Waals surface area contributed by atoms with E-state index in [1.54, 1.807) is 4.90 Å². The first-order valence-electron chi connectivity index (χ1n) is 14.2. The van der Waals surface area contributed by atoms with E-state index < -0.39 is 19.6 Å². The van der Waals surface area contributed by atoms with Crippen molar-refractivity contribution >= 4 is 14.4 Å². The van der Waals surface area contributed by atoms with E-state index in [4.69, 9.17) is 13.9 Å². The molecule has 39 heavy (non-hydrogen) atoms. The van der Waals surface area contributed by atoms with Gasteiger partial charge in [-0.25, -0.2) is 4.79 Å². The predicted molar refractivity (Wildman–Crippen MR) is 161 cm³/mol. The summed E-state index contributed by atoms with van der Waals surface area (Å²) in [6.45, 7) is 22.1. The predicted octanol–water partition coefficient (Wildman–Crippen LogP) is 7.45. The van der Waals surface area contributed by atoms with E-state index in [0.717, 1.165) is 19.5 Å². The molecule has 1 saturated heterocycles. The van der Waals surface area contributed by atoms with Gasteiger partial charge in [-0.3, -0.25) is 9.80 Å². The minimum absolute atomic E-state index is 0.0196. The van der Waals surface area contributed by atoms with Crippen molar-refractivity contribution in [2.45, 2.75) is 103 Å². The minimum atomic E-state index is -1.91. The molecular formula is C32H50N2O4Si. The van der Waals surface area contributed by atoms with Crippen LogP contribution in [0.3, 0.4) is 0 Å². The molecule has 2 aromatic carbocycles. The molecule has 7 heteroatoms. The molecule has 2 aromatic rings. The average Bonchev–Trinajstić information content (AvgIpc) is 3.08. The summed E-state index contributed by atoms with van der Waals surface area (Å²) < 4.78 is 18.6. The molecule has 1 amide bonds. The number of amides is 1. The molecule has 0 spiro atoms. The number of carbonyl (C=O) groups is 1. The van der Waals surface area contributed by atoms with Crippen molar-refractivity contribution in [1.82, 2.24) is 9.80 Å². The number of hydrogen-bond acceptors (Lipinski definition) is 5. The van der Waals surface area contributed by atoms with E-state index in [9.17, 15) is 4.79 Å². The zero-order chi connectivity index (χ0) is 28.9. The van der Waals surface area contributed by atoms with Crippen molar-refractivity contribution in [2.24, 2.45) is 0 Å². The summed E-state index contributed by atoms with van der Waals surface area (Å²) >= 11 is 0. The molecule has 0 aromatic heterocycles. The normalized spacial score (nSPS) is 17.8. The largest absolute Gasteiger partial charge is 0.448 e. The first-order valence-corrected chi connectivity index (χ1v) is 17.1. The highest BCUT2D eigenvalue weighted by Gasteiger charge is 2.49. The third-order valence-corrected chi connectivity index (χ3v) is 12.7. The van der Waals surface area contributed by atoms with Gasteiger partial charge in [0.15, 0.2) is 8.32 Å². The Morgan fingerprint density at radius 3 is 1.92 bits per heavy atom. The highest BCUT2D eigenvalue weighted by molar-refractivity contribution is 6.74. The van der Waals surface area contributed by atoms with Crippen LogP contribution < -0.4 is 0 Å². The Kier molecular flexibility index (Phi) is 10.1. The Labute approximate surface area is 237 Å². The van der Waals surface area contributed by atoms with Gasteiger partial charge in [-0.1, -0.05) is 81.4 Å². The van der Waals surface area contributed by atoms with Crippen molar-refractivity contribution in [3.63, 3.8) is 0 Å². The second-order valence-corrected chi connectivity index (χ2v) is 18.2. The van der Waals surface area contributed by atoms with Gasteiger partial charge in [-0.15, -0.1) is 0 Å². The molecule has 0 radical (unpaired) electrons. The van der Waals surface area contributed by atoms with Crippen LogP contribution in [0.5, 0.6) is 0 Å². The molecule has 1 atom stereocenters. The Bertz CT molecular complexity index is 993. The zero-order valence-electron chi connectivity index (χ0n) is 25.6. The molecule has 216 valence electrons. The molecule has 1 heterocycles. The number of ether oxygens (including phenoxy) is 2. The molecule has 1 aliphatic heterocycles. The number of carbonyl (C=O) groups excluding carboxylic acids is 1. The molecule has 0 bridgehead atoms. The van der Waals surface area contributed by atoms with Gasteiger partial charge in [-0.2, -0.15) is 0 Å². The van der Waals surface area contributed by atoms with E-state index in [-0.39, 0.29) is 23.8 Å². The molecule has 0 N–H and O–H groups in total. The van der Waals surface area contributed by atoms with E-state index >= 15 is 0 Å². The van der Waals surface area contributed by atoms with Crippen molar-refractivity contribution in [1.29, 1.82) is 0 Å². The molecule has 6 nitrogen and oxygen atoms in total. The van der Waals surface area contributed by atoms with Crippen molar-refractivity contribution < 1.29 is 18.7 Å². The van der Waals surface area contributed by atoms with Gasteiger partial charge in [0.1, 0.15) is 12.3 Å². The molecule has 1 aliphatic rings. The summed E-state index contributed by atoms with van der Waals surface area (Å²) in [6.07, 6.45) is 0.431. The minimum Gasteiger partial charge on any atom is -0.448 e. The lowest BCUT2D eigenvalue weighted by Gasteiger charge is -2.39. The van der Waals surface area contributed by atoms with Crippen LogP contribution in [0.25, 0.3) is 0 Å². The van der Waals surface area contributed by atoms with Crippen molar-refractivity contribution in [3.05, 3.63) is 71.8 Å². The second kappa shape index (κ2) is 12.5. The quantitative estimate of drug-likeness (QED) is 0.270. The summed E-state index contributed by atoms with van der Waals surface area (Å²) in [5, 5.41) is 0.135. The van der Waals surface area contributed by atoms with E-state index in [1.807, 2.05) is 39.8 Å². The average molecular weight is 555 g/mol. The highest BCUT2D eigenvalue weighted by atomic mass is 28.4. The zero-order valence-corrected chi connectivity index (χ0v) is 26.6. The number of nitrogens with zero attached hydrogens (tertiary/aromatic N) is 2. The molecule has 0 unspecified atom stereocenters. The molecule has 0 saturated carbocycles. The highest BCUT2D eigenvalue weighted by Crippen LogP contribution is 2.37. The van der Waals surface area contributed by atoms with E-state index in [1.165, 1.54) is 11.1 Å². The van der Waals surface area contributed by atoms with Crippen LogP contribution in [0, 0.1) is 0 Å². The smallest absolute Gasteiger partial charge is 0.412 e. The number of hydrogen-bond donors (Lipinski definition) is 0. The Balaban J connectivity index is 1.84. The number of benzene rings is 2. The van der Waals surface area contributed by atoms with Crippen LogP contribution in [-0.4, -0.2) is 61.3 Å². The van der Waals surface area contributed by atoms with Gasteiger partial charge in [-0.05, 0) is 63.4 Å². The van der Waals surface area contributed by atoms with Crippen molar-refractivity contribution in [3.8, 4) is 0 Å². The third kappa shape index (κ3) is 8.40. The topological polar surface area (TPSA) is 51.2 Å². The number of rotatable bonds is 11. The third-order valence-electron chi connectivity index (χ3n) is 8.20. The van der Waals surface area contributed by atoms with Gasteiger partial charge in [0.05, 0.1) is 12.1 Å². The van der Waals surface area contributed by atoms with Gasteiger partial charge >= 0.3 is 6.09 Å². The maximum absolute atomic E-state index is 13.5. The van der Waals surface area contributed by atoms with Crippen LogP contribution in [0.15, 0.2) is 60.7 Å². The summed E-state index contributed by atoms with van der Waals surface area (Å²) in [6, 6.07) is 21.0. The summed E-state index contributed by atoms with van der Waals surface area (Å²) in [7, 11) is -1.91. The molecular weight excluding hydrogens is 504 g/mol. The van der Waals surface area contributed by atoms with Gasteiger partial charge in [0.25, 0.3) is 0 Å². The van der Waals surface area contributed by atoms with Gasteiger partial charge < -0.3 is 13.9 Å². The maximum Gasteiger partial charge on any atom is 0.412 e. The monoisotopic (exact) mass is 554 g/mol. The Hall–Kier alpha value is -2.19. The fourth-order valence-electron chi connectivity index (χ4n) is 4.90.